The fourth-order valence-corrected chi connectivity index (χ4v) is 2.87. The summed E-state index contributed by atoms with van der Waals surface area (Å²) in [7, 11) is 0. The van der Waals surface area contributed by atoms with Crippen molar-refractivity contribution in [2.75, 3.05) is 0 Å². The Labute approximate surface area is 93.5 Å². The summed E-state index contributed by atoms with van der Waals surface area (Å²) in [5.41, 5.74) is 1.53. The van der Waals surface area contributed by atoms with Crippen molar-refractivity contribution in [1.29, 1.82) is 5.26 Å². The molecule has 0 unspecified atom stereocenters. The summed E-state index contributed by atoms with van der Waals surface area (Å²) in [5.74, 6) is 0. The fourth-order valence-electron chi connectivity index (χ4n) is 1.37. The van der Waals surface area contributed by atoms with Crippen LogP contribution in [-0.2, 0) is 6.61 Å². The normalized spacial score (nSPS) is 10.4. The van der Waals surface area contributed by atoms with Crippen LogP contribution in [0, 0.1) is 11.3 Å². The van der Waals surface area contributed by atoms with Crippen molar-refractivity contribution in [2.45, 2.75) is 6.61 Å². The molecule has 4 heteroatoms. The Morgan fingerprint density at radius 1 is 1.50 bits per heavy atom. The highest BCUT2D eigenvalue weighted by molar-refractivity contribution is 9.10. The van der Waals surface area contributed by atoms with E-state index >= 15 is 0 Å². The summed E-state index contributed by atoms with van der Waals surface area (Å²) < 4.78 is 1.89. The van der Waals surface area contributed by atoms with Gasteiger partial charge in [-0.3, -0.25) is 0 Å². The van der Waals surface area contributed by atoms with E-state index in [0.717, 1.165) is 20.1 Å². The SMILES string of the molecule is N#Cc1csc2c(CO)cc(Br)cc12. The van der Waals surface area contributed by atoms with Gasteiger partial charge in [-0.1, -0.05) is 15.9 Å². The first-order valence-electron chi connectivity index (χ1n) is 3.97. The number of hydrogen-bond acceptors (Lipinski definition) is 3. The van der Waals surface area contributed by atoms with Crippen LogP contribution in [0.3, 0.4) is 0 Å². The van der Waals surface area contributed by atoms with E-state index in [1.54, 1.807) is 0 Å². The number of rotatable bonds is 1. The molecule has 0 aliphatic rings. The quantitative estimate of drug-likeness (QED) is 0.863. The average Bonchev–Trinajstić information content (AvgIpc) is 2.59. The predicted molar refractivity (Wildman–Crippen MR) is 60.2 cm³/mol. The van der Waals surface area contributed by atoms with Crippen LogP contribution < -0.4 is 0 Å². The Bertz CT molecular complexity index is 527. The molecule has 2 rings (SSSR count). The molecule has 1 aromatic heterocycles. The van der Waals surface area contributed by atoms with Gasteiger partial charge < -0.3 is 5.11 Å². The van der Waals surface area contributed by atoms with Gasteiger partial charge in [-0.2, -0.15) is 5.26 Å². The maximum absolute atomic E-state index is 9.14. The molecule has 0 aliphatic carbocycles. The molecule has 14 heavy (non-hydrogen) atoms. The third-order valence-corrected chi connectivity index (χ3v) is 3.54. The zero-order valence-electron chi connectivity index (χ0n) is 7.12. The monoisotopic (exact) mass is 267 g/mol. The Morgan fingerprint density at radius 2 is 2.29 bits per heavy atom. The second-order valence-electron chi connectivity index (χ2n) is 2.86. The molecular weight excluding hydrogens is 262 g/mol. The standard InChI is InChI=1S/C10H6BrNOS/c11-8-1-6(4-13)10-9(2-8)7(3-12)5-14-10/h1-2,5,13H,4H2. The zero-order chi connectivity index (χ0) is 10.1. The van der Waals surface area contributed by atoms with E-state index < -0.39 is 0 Å². The van der Waals surface area contributed by atoms with Gasteiger partial charge in [0.05, 0.1) is 12.2 Å². The van der Waals surface area contributed by atoms with E-state index in [-0.39, 0.29) is 6.61 Å². The van der Waals surface area contributed by atoms with Crippen molar-refractivity contribution in [1.82, 2.24) is 0 Å². The number of fused-ring (bicyclic) bond motifs is 1. The number of nitriles is 1. The van der Waals surface area contributed by atoms with Gasteiger partial charge in [-0.25, -0.2) is 0 Å². The minimum atomic E-state index is 0.00131. The number of benzene rings is 1. The van der Waals surface area contributed by atoms with Crippen LogP contribution in [0.1, 0.15) is 11.1 Å². The summed E-state index contributed by atoms with van der Waals surface area (Å²) in [5, 5.41) is 20.7. The van der Waals surface area contributed by atoms with Crippen LogP contribution in [0.15, 0.2) is 22.0 Å². The number of halogens is 1. The highest BCUT2D eigenvalue weighted by atomic mass is 79.9. The maximum Gasteiger partial charge on any atom is 0.101 e. The highest BCUT2D eigenvalue weighted by Gasteiger charge is 2.08. The van der Waals surface area contributed by atoms with Crippen LogP contribution in [-0.4, -0.2) is 5.11 Å². The lowest BCUT2D eigenvalue weighted by molar-refractivity contribution is 0.283. The first-order chi connectivity index (χ1) is 6.76. The Balaban J connectivity index is 2.85. The number of aliphatic hydroxyl groups excluding tert-OH is 1. The minimum absolute atomic E-state index is 0.00131. The number of thiophene rings is 1. The predicted octanol–water partition coefficient (Wildman–Crippen LogP) is 3.03. The smallest absolute Gasteiger partial charge is 0.101 e. The van der Waals surface area contributed by atoms with Crippen molar-refractivity contribution in [3.63, 3.8) is 0 Å². The number of nitrogens with zero attached hydrogens (tertiary/aromatic N) is 1. The highest BCUT2D eigenvalue weighted by Crippen LogP contribution is 2.31. The maximum atomic E-state index is 9.14. The van der Waals surface area contributed by atoms with Crippen LogP contribution >= 0.6 is 27.3 Å². The third-order valence-electron chi connectivity index (χ3n) is 2.01. The van der Waals surface area contributed by atoms with Crippen LogP contribution in [0.4, 0.5) is 0 Å². The molecular formula is C10H6BrNOS. The largest absolute Gasteiger partial charge is 0.392 e. The van der Waals surface area contributed by atoms with E-state index in [9.17, 15) is 0 Å². The lowest BCUT2D eigenvalue weighted by atomic mass is 10.1. The molecule has 0 amide bonds. The van der Waals surface area contributed by atoms with Crippen molar-refractivity contribution in [3.05, 3.63) is 33.1 Å². The molecule has 0 saturated carbocycles. The Kier molecular flexibility index (Phi) is 2.55. The van der Waals surface area contributed by atoms with E-state index in [4.69, 9.17) is 10.4 Å². The summed E-state index contributed by atoms with van der Waals surface area (Å²) in [6.07, 6.45) is 0. The van der Waals surface area contributed by atoms with Gasteiger partial charge in [-0.05, 0) is 17.7 Å². The molecule has 2 nitrogen and oxygen atoms in total. The lowest BCUT2D eigenvalue weighted by Crippen LogP contribution is -1.83. The van der Waals surface area contributed by atoms with Gasteiger partial charge in [0.2, 0.25) is 0 Å². The summed E-state index contributed by atoms with van der Waals surface area (Å²) >= 11 is 4.85. The van der Waals surface area contributed by atoms with Crippen molar-refractivity contribution in [2.24, 2.45) is 0 Å². The molecule has 0 radical (unpaired) electrons. The molecule has 1 heterocycles. The molecule has 1 aromatic carbocycles. The van der Waals surface area contributed by atoms with Gasteiger partial charge in [0.1, 0.15) is 6.07 Å². The van der Waals surface area contributed by atoms with Crippen molar-refractivity contribution >= 4 is 37.4 Å². The minimum Gasteiger partial charge on any atom is -0.392 e. The first-order valence-corrected chi connectivity index (χ1v) is 5.64. The first kappa shape index (κ1) is 9.66. The lowest BCUT2D eigenvalue weighted by Gasteiger charge is -1.99. The van der Waals surface area contributed by atoms with Crippen LogP contribution in [0.25, 0.3) is 10.1 Å². The second kappa shape index (κ2) is 3.70. The van der Waals surface area contributed by atoms with Crippen LogP contribution in [0.5, 0.6) is 0 Å². The number of aliphatic hydroxyl groups is 1. The molecule has 0 bridgehead atoms. The van der Waals surface area contributed by atoms with Gasteiger partial charge >= 0.3 is 0 Å². The summed E-state index contributed by atoms with van der Waals surface area (Å²) in [6.45, 7) is 0.00131. The molecule has 0 fully saturated rings. The molecule has 0 aliphatic heterocycles. The molecule has 2 aromatic rings. The average molecular weight is 268 g/mol. The van der Waals surface area contributed by atoms with E-state index in [1.165, 1.54) is 11.3 Å². The molecule has 0 atom stereocenters. The topological polar surface area (TPSA) is 44.0 Å². The Hall–Kier alpha value is -0.890. The Morgan fingerprint density at radius 3 is 2.93 bits per heavy atom. The number of hydrogen-bond donors (Lipinski definition) is 1. The molecule has 0 spiro atoms. The summed E-state index contributed by atoms with van der Waals surface area (Å²) in [6, 6.07) is 5.92. The van der Waals surface area contributed by atoms with Crippen molar-refractivity contribution in [3.8, 4) is 6.07 Å². The molecule has 0 saturated heterocycles. The molecule has 1 N–H and O–H groups in total. The van der Waals surface area contributed by atoms with Crippen molar-refractivity contribution < 1.29 is 5.11 Å². The van der Waals surface area contributed by atoms with Gasteiger partial charge in [0, 0.05) is 19.9 Å². The zero-order valence-corrected chi connectivity index (χ0v) is 9.52. The summed E-state index contributed by atoms with van der Waals surface area (Å²) in [4.78, 5) is 0. The van der Waals surface area contributed by atoms with E-state index in [0.29, 0.717) is 5.56 Å². The van der Waals surface area contributed by atoms with Gasteiger partial charge in [-0.15, -0.1) is 11.3 Å². The molecule has 70 valence electrons. The van der Waals surface area contributed by atoms with E-state index in [2.05, 4.69) is 22.0 Å². The third kappa shape index (κ3) is 1.44. The fraction of sp³-hybridized carbons (Fsp3) is 0.100. The van der Waals surface area contributed by atoms with E-state index in [1.807, 2.05) is 17.5 Å². The van der Waals surface area contributed by atoms with Gasteiger partial charge in [0.15, 0.2) is 0 Å². The van der Waals surface area contributed by atoms with Crippen LogP contribution in [0.2, 0.25) is 0 Å². The second-order valence-corrected chi connectivity index (χ2v) is 4.66. The van der Waals surface area contributed by atoms with Gasteiger partial charge in [0.25, 0.3) is 0 Å².